The minimum Gasteiger partial charge on any atom is -0.462 e. The highest BCUT2D eigenvalue weighted by molar-refractivity contribution is 7.17. The third kappa shape index (κ3) is 4.68. The maximum Gasteiger partial charge on any atom is 0.338 e. The second-order valence-corrected chi connectivity index (χ2v) is 7.46. The van der Waals surface area contributed by atoms with Crippen LogP contribution in [0.15, 0.2) is 48.5 Å². The maximum atomic E-state index is 13.7. The second-order valence-electron chi connectivity index (χ2n) is 6.38. The molecule has 7 heteroatoms. The molecule has 29 heavy (non-hydrogen) atoms. The highest BCUT2D eigenvalue weighted by Gasteiger charge is 2.17. The van der Waals surface area contributed by atoms with Crippen molar-refractivity contribution in [3.8, 4) is 10.4 Å². The van der Waals surface area contributed by atoms with Crippen molar-refractivity contribution in [2.75, 3.05) is 11.9 Å². The van der Waals surface area contributed by atoms with Crippen molar-refractivity contribution in [1.82, 2.24) is 0 Å². The van der Waals surface area contributed by atoms with Crippen LogP contribution in [0.25, 0.3) is 10.4 Å². The molecule has 0 fully saturated rings. The molecule has 1 heterocycles. The number of thiophene rings is 1. The number of carbonyl (C=O) groups is 2. The van der Waals surface area contributed by atoms with E-state index < -0.39 is 23.2 Å². The molecular formula is C22H19F2NO3S. The van der Waals surface area contributed by atoms with Crippen LogP contribution in [0.4, 0.5) is 14.5 Å². The summed E-state index contributed by atoms with van der Waals surface area (Å²) in [6.07, 6.45) is 0.750. The van der Waals surface area contributed by atoms with Gasteiger partial charge in [-0.2, -0.15) is 0 Å². The van der Waals surface area contributed by atoms with Crippen molar-refractivity contribution < 1.29 is 23.1 Å². The van der Waals surface area contributed by atoms with Gasteiger partial charge in [-0.1, -0.05) is 19.1 Å². The largest absolute Gasteiger partial charge is 0.462 e. The molecule has 3 aromatic rings. The Labute approximate surface area is 171 Å². The summed E-state index contributed by atoms with van der Waals surface area (Å²) >= 11 is 1.19. The standard InChI is InChI=1S/C22H19F2NO3S/c1-3-11-28-22(27)14-7-8-15(13(2)12-14)18-9-10-19(29-18)21(26)25-20-16(23)5-4-6-17(20)24/h4-10,12H,3,11H2,1-2H3,(H,25,26). The summed E-state index contributed by atoms with van der Waals surface area (Å²) in [5.74, 6) is -2.64. The maximum absolute atomic E-state index is 13.7. The second kappa shape index (κ2) is 8.96. The van der Waals surface area contributed by atoms with E-state index in [2.05, 4.69) is 5.32 Å². The van der Waals surface area contributed by atoms with Gasteiger partial charge in [0.05, 0.1) is 17.0 Å². The molecule has 0 aliphatic heterocycles. The number of rotatable bonds is 6. The first-order valence-electron chi connectivity index (χ1n) is 9.04. The van der Waals surface area contributed by atoms with Crippen molar-refractivity contribution >= 4 is 28.9 Å². The quantitative estimate of drug-likeness (QED) is 0.516. The number of amides is 1. The van der Waals surface area contributed by atoms with E-state index in [0.717, 1.165) is 34.6 Å². The lowest BCUT2D eigenvalue weighted by molar-refractivity contribution is 0.0505. The number of benzene rings is 2. The van der Waals surface area contributed by atoms with E-state index in [0.29, 0.717) is 17.0 Å². The fourth-order valence-corrected chi connectivity index (χ4v) is 3.73. The Morgan fingerprint density at radius 2 is 1.79 bits per heavy atom. The van der Waals surface area contributed by atoms with E-state index in [4.69, 9.17) is 4.74 Å². The first-order valence-corrected chi connectivity index (χ1v) is 9.85. The Hall–Kier alpha value is -3.06. The molecule has 0 atom stereocenters. The van der Waals surface area contributed by atoms with Crippen LogP contribution in [0.1, 0.15) is 38.9 Å². The Bertz CT molecular complexity index is 1040. The zero-order valence-corrected chi connectivity index (χ0v) is 16.7. The summed E-state index contributed by atoms with van der Waals surface area (Å²) < 4.78 is 32.6. The lowest BCUT2D eigenvalue weighted by Gasteiger charge is -2.08. The zero-order chi connectivity index (χ0) is 21.0. The summed E-state index contributed by atoms with van der Waals surface area (Å²) in [7, 11) is 0. The minimum absolute atomic E-state index is 0.313. The SMILES string of the molecule is CCCOC(=O)c1ccc(-c2ccc(C(=O)Nc3c(F)cccc3F)s2)c(C)c1. The molecule has 0 saturated heterocycles. The number of carbonyl (C=O) groups excluding carboxylic acids is 2. The number of halogens is 2. The van der Waals surface area contributed by atoms with Gasteiger partial charge in [-0.25, -0.2) is 13.6 Å². The van der Waals surface area contributed by atoms with Gasteiger partial charge in [0.2, 0.25) is 0 Å². The molecule has 1 aromatic heterocycles. The Morgan fingerprint density at radius 3 is 2.45 bits per heavy atom. The Kier molecular flexibility index (Phi) is 6.39. The molecule has 0 bridgehead atoms. The van der Waals surface area contributed by atoms with Crippen LogP contribution in [0.5, 0.6) is 0 Å². The van der Waals surface area contributed by atoms with Gasteiger partial charge in [0.15, 0.2) is 0 Å². The van der Waals surface area contributed by atoms with E-state index in [1.54, 1.807) is 30.3 Å². The van der Waals surface area contributed by atoms with E-state index >= 15 is 0 Å². The molecule has 0 saturated carbocycles. The molecule has 2 aromatic carbocycles. The number of hydrogen-bond donors (Lipinski definition) is 1. The first kappa shape index (κ1) is 20.7. The van der Waals surface area contributed by atoms with E-state index in [1.165, 1.54) is 17.4 Å². The topological polar surface area (TPSA) is 55.4 Å². The smallest absolute Gasteiger partial charge is 0.338 e. The average Bonchev–Trinajstić information content (AvgIpc) is 3.18. The highest BCUT2D eigenvalue weighted by atomic mass is 32.1. The lowest BCUT2D eigenvalue weighted by Crippen LogP contribution is -2.12. The summed E-state index contributed by atoms with van der Waals surface area (Å²) in [6.45, 7) is 4.15. The number of para-hydroxylation sites is 1. The predicted octanol–water partition coefficient (Wildman–Crippen LogP) is 5.82. The lowest BCUT2D eigenvalue weighted by atomic mass is 10.0. The normalized spacial score (nSPS) is 10.6. The van der Waals surface area contributed by atoms with Gasteiger partial charge in [-0.15, -0.1) is 11.3 Å². The monoisotopic (exact) mass is 415 g/mol. The fourth-order valence-electron chi connectivity index (χ4n) is 2.74. The van der Waals surface area contributed by atoms with Gasteiger partial charge in [-0.3, -0.25) is 4.79 Å². The van der Waals surface area contributed by atoms with Crippen LogP contribution in [0.2, 0.25) is 0 Å². The van der Waals surface area contributed by atoms with E-state index in [-0.39, 0.29) is 5.97 Å². The molecule has 0 radical (unpaired) electrons. The number of hydrogen-bond acceptors (Lipinski definition) is 4. The van der Waals surface area contributed by atoms with Gasteiger partial charge in [0.25, 0.3) is 5.91 Å². The molecular weight excluding hydrogens is 396 g/mol. The first-order chi connectivity index (χ1) is 13.9. The zero-order valence-electron chi connectivity index (χ0n) is 15.9. The van der Waals surface area contributed by atoms with Crippen molar-refractivity contribution in [1.29, 1.82) is 0 Å². The summed E-state index contributed by atoms with van der Waals surface area (Å²) in [5, 5.41) is 2.28. The van der Waals surface area contributed by atoms with Crippen LogP contribution < -0.4 is 5.32 Å². The molecule has 4 nitrogen and oxygen atoms in total. The molecule has 0 unspecified atom stereocenters. The fraction of sp³-hybridized carbons (Fsp3) is 0.182. The molecule has 1 N–H and O–H groups in total. The van der Waals surface area contributed by atoms with Crippen LogP contribution in [-0.4, -0.2) is 18.5 Å². The van der Waals surface area contributed by atoms with Crippen molar-refractivity contribution in [2.24, 2.45) is 0 Å². The molecule has 1 amide bonds. The summed E-state index contributed by atoms with van der Waals surface area (Å²) in [5.41, 5.74) is 1.70. The summed E-state index contributed by atoms with van der Waals surface area (Å²) in [4.78, 5) is 25.5. The Balaban J connectivity index is 1.79. The van der Waals surface area contributed by atoms with Crippen LogP contribution in [0.3, 0.4) is 0 Å². The van der Waals surface area contributed by atoms with Gasteiger partial charge in [0.1, 0.15) is 17.3 Å². The van der Waals surface area contributed by atoms with Gasteiger partial charge < -0.3 is 10.1 Å². The number of nitrogens with one attached hydrogen (secondary N) is 1. The third-order valence-corrected chi connectivity index (χ3v) is 5.31. The van der Waals surface area contributed by atoms with Gasteiger partial charge in [0, 0.05) is 4.88 Å². The molecule has 0 spiro atoms. The van der Waals surface area contributed by atoms with Crippen LogP contribution in [0, 0.1) is 18.6 Å². The van der Waals surface area contributed by atoms with Crippen molar-refractivity contribution in [2.45, 2.75) is 20.3 Å². The van der Waals surface area contributed by atoms with Crippen LogP contribution >= 0.6 is 11.3 Å². The molecule has 0 aliphatic rings. The third-order valence-electron chi connectivity index (χ3n) is 4.20. The number of anilines is 1. The van der Waals surface area contributed by atoms with Crippen molar-refractivity contribution in [3.63, 3.8) is 0 Å². The average molecular weight is 415 g/mol. The number of aryl methyl sites for hydroxylation is 1. The Morgan fingerprint density at radius 1 is 1.07 bits per heavy atom. The molecule has 0 aliphatic carbocycles. The number of ether oxygens (including phenoxy) is 1. The highest BCUT2D eigenvalue weighted by Crippen LogP contribution is 2.32. The van der Waals surface area contributed by atoms with Crippen molar-refractivity contribution in [3.05, 3.63) is 76.2 Å². The van der Waals surface area contributed by atoms with E-state index in [9.17, 15) is 18.4 Å². The number of esters is 1. The summed E-state index contributed by atoms with van der Waals surface area (Å²) in [6, 6.07) is 11.9. The van der Waals surface area contributed by atoms with Gasteiger partial charge >= 0.3 is 5.97 Å². The minimum atomic E-state index is -0.837. The van der Waals surface area contributed by atoms with Gasteiger partial charge in [-0.05, 0) is 60.9 Å². The molecule has 150 valence electrons. The van der Waals surface area contributed by atoms with E-state index in [1.807, 2.05) is 13.8 Å². The predicted molar refractivity (Wildman–Crippen MR) is 109 cm³/mol. The molecule has 3 rings (SSSR count). The van der Waals surface area contributed by atoms with Crippen LogP contribution in [-0.2, 0) is 4.74 Å².